The van der Waals surface area contributed by atoms with Crippen LogP contribution in [0.4, 0.5) is 4.79 Å². The molecule has 1 saturated carbocycles. The molecule has 2 amide bonds. The number of aliphatic hydroxyl groups excluding tert-OH is 1. The highest BCUT2D eigenvalue weighted by Gasteiger charge is 2.37. The van der Waals surface area contributed by atoms with E-state index >= 15 is 0 Å². The van der Waals surface area contributed by atoms with E-state index < -0.39 is 6.10 Å². The Morgan fingerprint density at radius 2 is 1.93 bits per heavy atom. The summed E-state index contributed by atoms with van der Waals surface area (Å²) in [6, 6.07) is 13.5. The van der Waals surface area contributed by atoms with E-state index in [2.05, 4.69) is 16.7 Å². The minimum absolute atomic E-state index is 0.00428. The van der Waals surface area contributed by atoms with Crippen molar-refractivity contribution in [3.05, 3.63) is 52.2 Å². The minimum Gasteiger partial charge on any atom is -0.492 e. The van der Waals surface area contributed by atoms with Crippen molar-refractivity contribution < 1.29 is 14.6 Å². The zero-order valence-corrected chi connectivity index (χ0v) is 16.6. The van der Waals surface area contributed by atoms with E-state index in [4.69, 9.17) is 4.74 Å². The summed E-state index contributed by atoms with van der Waals surface area (Å²) >= 11 is 1.67. The fourth-order valence-electron chi connectivity index (χ4n) is 3.59. The molecule has 0 bridgehead atoms. The number of nitrogens with one attached hydrogen (secondary N) is 2. The fourth-order valence-corrected chi connectivity index (χ4v) is 4.78. The number of amides is 2. The molecular formula is C21H28N2O3S. The molecule has 6 heteroatoms. The molecule has 0 aliphatic heterocycles. The number of para-hydroxylation sites is 1. The molecule has 0 spiro atoms. The average Bonchev–Trinajstić information content (AvgIpc) is 3.35. The lowest BCUT2D eigenvalue weighted by molar-refractivity contribution is 0.203. The molecular weight excluding hydrogens is 360 g/mol. The van der Waals surface area contributed by atoms with E-state index in [0.29, 0.717) is 19.7 Å². The second-order valence-electron chi connectivity index (χ2n) is 7.14. The van der Waals surface area contributed by atoms with E-state index in [9.17, 15) is 9.90 Å². The van der Waals surface area contributed by atoms with E-state index in [-0.39, 0.29) is 11.4 Å². The highest BCUT2D eigenvalue weighted by molar-refractivity contribution is 7.12. The van der Waals surface area contributed by atoms with Gasteiger partial charge in [0.05, 0.1) is 12.6 Å². The van der Waals surface area contributed by atoms with Gasteiger partial charge in [0.1, 0.15) is 12.4 Å². The molecule has 2 aromatic rings. The Kier molecular flexibility index (Phi) is 6.74. The SMILES string of the molecule is CC(O)c1ccc(C2(CNC(=O)NCCOc3ccccc3)CCCC2)s1. The summed E-state index contributed by atoms with van der Waals surface area (Å²) in [5.41, 5.74) is -0.00428. The monoisotopic (exact) mass is 388 g/mol. The summed E-state index contributed by atoms with van der Waals surface area (Å²) in [5, 5.41) is 15.7. The van der Waals surface area contributed by atoms with Crippen LogP contribution in [0, 0.1) is 0 Å². The highest BCUT2D eigenvalue weighted by Crippen LogP contribution is 2.44. The van der Waals surface area contributed by atoms with Gasteiger partial charge in [-0.3, -0.25) is 0 Å². The lowest BCUT2D eigenvalue weighted by Crippen LogP contribution is -2.44. The van der Waals surface area contributed by atoms with Crippen molar-refractivity contribution in [2.75, 3.05) is 19.7 Å². The molecule has 1 fully saturated rings. The molecule has 5 nitrogen and oxygen atoms in total. The molecule has 1 atom stereocenters. The first kappa shape index (κ1) is 19.7. The van der Waals surface area contributed by atoms with E-state index in [1.54, 1.807) is 18.3 Å². The molecule has 146 valence electrons. The Labute approximate surface area is 164 Å². The Morgan fingerprint density at radius 1 is 1.19 bits per heavy atom. The van der Waals surface area contributed by atoms with Gasteiger partial charge in [-0.2, -0.15) is 0 Å². The van der Waals surface area contributed by atoms with Crippen LogP contribution in [0.15, 0.2) is 42.5 Å². The van der Waals surface area contributed by atoms with Crippen LogP contribution in [-0.2, 0) is 5.41 Å². The van der Waals surface area contributed by atoms with Crippen LogP contribution in [0.2, 0.25) is 0 Å². The van der Waals surface area contributed by atoms with Crippen molar-refractivity contribution >= 4 is 17.4 Å². The number of aliphatic hydroxyl groups is 1. The highest BCUT2D eigenvalue weighted by atomic mass is 32.1. The van der Waals surface area contributed by atoms with Gasteiger partial charge in [-0.05, 0) is 44.0 Å². The molecule has 1 aliphatic carbocycles. The van der Waals surface area contributed by atoms with Gasteiger partial charge in [0.25, 0.3) is 0 Å². The van der Waals surface area contributed by atoms with Gasteiger partial charge in [0.15, 0.2) is 0 Å². The second kappa shape index (κ2) is 9.24. The molecule has 0 saturated heterocycles. The first-order valence-corrected chi connectivity index (χ1v) is 10.4. The van der Waals surface area contributed by atoms with Crippen molar-refractivity contribution in [1.29, 1.82) is 0 Å². The summed E-state index contributed by atoms with van der Waals surface area (Å²) in [6.45, 7) is 3.31. The van der Waals surface area contributed by atoms with Gasteiger partial charge < -0.3 is 20.5 Å². The van der Waals surface area contributed by atoms with Crippen LogP contribution >= 0.6 is 11.3 Å². The third kappa shape index (κ3) is 5.23. The number of carbonyl (C=O) groups excluding carboxylic acids is 1. The number of benzene rings is 1. The topological polar surface area (TPSA) is 70.6 Å². The lowest BCUT2D eigenvalue weighted by atomic mass is 9.84. The molecule has 27 heavy (non-hydrogen) atoms. The zero-order chi connectivity index (χ0) is 19.1. The maximum Gasteiger partial charge on any atom is 0.314 e. The number of rotatable bonds is 8. The molecule has 1 aromatic heterocycles. The van der Waals surface area contributed by atoms with Gasteiger partial charge in [0, 0.05) is 21.7 Å². The predicted molar refractivity (Wildman–Crippen MR) is 108 cm³/mol. The largest absolute Gasteiger partial charge is 0.492 e. The van der Waals surface area contributed by atoms with E-state index in [1.807, 2.05) is 36.4 Å². The summed E-state index contributed by atoms with van der Waals surface area (Å²) in [4.78, 5) is 14.4. The quantitative estimate of drug-likeness (QED) is 0.599. The molecule has 1 unspecified atom stereocenters. The number of ether oxygens (including phenoxy) is 1. The summed E-state index contributed by atoms with van der Waals surface area (Å²) in [6.07, 6.45) is 4.06. The smallest absolute Gasteiger partial charge is 0.314 e. The first-order valence-electron chi connectivity index (χ1n) is 9.57. The van der Waals surface area contributed by atoms with E-state index in [0.717, 1.165) is 23.5 Å². The molecule has 3 N–H and O–H groups in total. The molecule has 1 heterocycles. The Hall–Kier alpha value is -2.05. The number of hydrogen-bond acceptors (Lipinski definition) is 4. The van der Waals surface area contributed by atoms with Gasteiger partial charge in [-0.1, -0.05) is 31.0 Å². The Bertz CT molecular complexity index is 724. The van der Waals surface area contributed by atoms with Crippen LogP contribution in [0.1, 0.15) is 48.5 Å². The zero-order valence-electron chi connectivity index (χ0n) is 15.7. The Balaban J connectivity index is 1.46. The van der Waals surface area contributed by atoms with Crippen LogP contribution in [0.3, 0.4) is 0 Å². The Morgan fingerprint density at radius 3 is 2.59 bits per heavy atom. The summed E-state index contributed by atoms with van der Waals surface area (Å²) in [5.74, 6) is 0.802. The summed E-state index contributed by atoms with van der Waals surface area (Å²) in [7, 11) is 0. The normalized spacial score (nSPS) is 16.7. The maximum absolute atomic E-state index is 12.2. The van der Waals surface area contributed by atoms with Gasteiger partial charge in [-0.25, -0.2) is 4.79 Å². The van der Waals surface area contributed by atoms with Gasteiger partial charge in [-0.15, -0.1) is 11.3 Å². The van der Waals surface area contributed by atoms with E-state index in [1.165, 1.54) is 17.7 Å². The lowest BCUT2D eigenvalue weighted by Gasteiger charge is -2.28. The van der Waals surface area contributed by atoms with Crippen molar-refractivity contribution in [1.82, 2.24) is 10.6 Å². The molecule has 1 aliphatic rings. The van der Waals surface area contributed by atoms with Crippen LogP contribution in [0.25, 0.3) is 0 Å². The average molecular weight is 389 g/mol. The van der Waals surface area contributed by atoms with Gasteiger partial charge >= 0.3 is 6.03 Å². The van der Waals surface area contributed by atoms with Crippen molar-refractivity contribution in [2.45, 2.75) is 44.1 Å². The number of hydrogen-bond donors (Lipinski definition) is 3. The molecule has 0 radical (unpaired) electrons. The van der Waals surface area contributed by atoms with Crippen molar-refractivity contribution in [3.8, 4) is 5.75 Å². The minimum atomic E-state index is -0.442. The van der Waals surface area contributed by atoms with Crippen LogP contribution < -0.4 is 15.4 Å². The second-order valence-corrected chi connectivity index (χ2v) is 8.25. The van der Waals surface area contributed by atoms with Crippen molar-refractivity contribution in [3.63, 3.8) is 0 Å². The standard InChI is InChI=1S/C21H28N2O3S/c1-16(24)18-9-10-19(27-18)21(11-5-6-12-21)15-23-20(25)22-13-14-26-17-7-3-2-4-8-17/h2-4,7-10,16,24H,5-6,11-15H2,1H3,(H2,22,23,25). The van der Waals surface area contributed by atoms with Crippen molar-refractivity contribution in [2.24, 2.45) is 0 Å². The van der Waals surface area contributed by atoms with Gasteiger partial charge in [0.2, 0.25) is 0 Å². The number of thiophene rings is 1. The third-order valence-corrected chi connectivity index (χ3v) is 6.61. The predicted octanol–water partition coefficient (Wildman–Crippen LogP) is 3.99. The van der Waals surface area contributed by atoms with Crippen LogP contribution in [0.5, 0.6) is 5.75 Å². The number of urea groups is 1. The molecule has 1 aromatic carbocycles. The van der Waals surface area contributed by atoms with Crippen LogP contribution in [-0.4, -0.2) is 30.8 Å². The fraction of sp³-hybridized carbons (Fsp3) is 0.476. The third-order valence-electron chi connectivity index (χ3n) is 5.11. The number of carbonyl (C=O) groups is 1. The maximum atomic E-state index is 12.2. The summed E-state index contributed by atoms with van der Waals surface area (Å²) < 4.78 is 5.58. The molecule has 3 rings (SSSR count). The first-order chi connectivity index (χ1) is 13.1.